The average Bonchev–Trinajstić information content (AvgIpc) is 3.25. The Labute approximate surface area is 374 Å². The van der Waals surface area contributed by atoms with Crippen molar-refractivity contribution in [3.63, 3.8) is 0 Å². The van der Waals surface area contributed by atoms with Gasteiger partial charge in [-0.25, -0.2) is 9.59 Å². The number of Topliss-reactive ketones (excluding diaryl/α,β-unsaturated/α-hetero) is 1. The average molecular weight is 889 g/mol. The van der Waals surface area contributed by atoms with Crippen molar-refractivity contribution in [3.8, 4) is 0 Å². The fourth-order valence-electron chi connectivity index (χ4n) is 6.27. The molecule has 3 aromatic carbocycles. The van der Waals surface area contributed by atoms with Gasteiger partial charge in [-0.15, -0.1) is 0 Å². The van der Waals surface area contributed by atoms with E-state index in [9.17, 15) is 33.6 Å². The first-order chi connectivity index (χ1) is 30.5. The van der Waals surface area contributed by atoms with E-state index < -0.39 is 43.5 Å². The number of benzene rings is 3. The van der Waals surface area contributed by atoms with Gasteiger partial charge in [-0.2, -0.15) is 10.1 Å². The van der Waals surface area contributed by atoms with Gasteiger partial charge in [0.25, 0.3) is 11.8 Å². The summed E-state index contributed by atoms with van der Waals surface area (Å²) in [5.74, 6) is -0.995. The minimum Gasteiger partial charge on any atom is -0.492 e. The number of hydroxylamine groups is 2. The second-order valence-corrected chi connectivity index (χ2v) is 15.0. The van der Waals surface area contributed by atoms with Crippen molar-refractivity contribution in [1.82, 2.24) is 9.80 Å². The van der Waals surface area contributed by atoms with Crippen LogP contribution in [-0.4, -0.2) is 111 Å². The first-order valence-electron chi connectivity index (χ1n) is 20.8. The Morgan fingerprint density at radius 2 is 1.38 bits per heavy atom. The number of rotatable bonds is 26. The van der Waals surface area contributed by atoms with E-state index in [4.69, 9.17) is 23.9 Å². The maximum Gasteiger partial charge on any atom is 0.411 e. The summed E-state index contributed by atoms with van der Waals surface area (Å²) in [5.41, 5.74) is 4.32. The lowest BCUT2D eigenvalue weighted by Gasteiger charge is -2.32. The van der Waals surface area contributed by atoms with Crippen molar-refractivity contribution < 1.29 is 57.4 Å². The summed E-state index contributed by atoms with van der Waals surface area (Å²) in [5, 5.41) is 7.46. The van der Waals surface area contributed by atoms with E-state index in [1.54, 1.807) is 95.1 Å². The third-order valence-electron chi connectivity index (χ3n) is 9.40. The molecule has 0 saturated heterocycles. The first kappa shape index (κ1) is 51.9. The zero-order chi connectivity index (χ0) is 47.3. The number of nitrogens with one attached hydrogen (secondary N) is 2. The van der Waals surface area contributed by atoms with E-state index in [0.717, 1.165) is 22.5 Å². The number of carbonyl (C=O) groups is 7. The van der Waals surface area contributed by atoms with Crippen LogP contribution >= 0.6 is 0 Å². The van der Waals surface area contributed by atoms with Crippen LogP contribution < -0.4 is 20.8 Å². The molecular weight excluding hydrogens is 829 g/mol. The van der Waals surface area contributed by atoms with Crippen LogP contribution in [0.2, 0.25) is 0 Å². The fourth-order valence-corrected chi connectivity index (χ4v) is 6.27. The summed E-state index contributed by atoms with van der Waals surface area (Å²) in [6.07, 6.45) is 0.413. The van der Waals surface area contributed by atoms with Crippen LogP contribution in [0.5, 0.6) is 0 Å². The second-order valence-electron chi connectivity index (χ2n) is 15.0. The molecule has 0 aliphatic heterocycles. The molecule has 2 atom stereocenters. The molecule has 64 heavy (non-hydrogen) atoms. The number of carbonyl (C=O) groups excluding carboxylic acids is 7. The summed E-state index contributed by atoms with van der Waals surface area (Å²) in [4.78, 5) is 103. The first-order valence-corrected chi connectivity index (χ1v) is 20.8. The molecule has 346 valence electrons. The highest BCUT2D eigenvalue weighted by Gasteiger charge is 2.24. The maximum absolute atomic E-state index is 13.3. The minimum atomic E-state index is -0.814. The molecule has 0 aromatic heterocycles. The normalized spacial score (nSPS) is 11.8. The number of ketones is 1. The number of ether oxygens (including phenoxy) is 3. The third kappa shape index (κ3) is 16.3. The van der Waals surface area contributed by atoms with E-state index in [0.29, 0.717) is 59.2 Å². The van der Waals surface area contributed by atoms with Crippen LogP contribution in [0.3, 0.4) is 0 Å². The fraction of sp³-hybridized carbons (Fsp3) is 0.413. The lowest BCUT2D eigenvalue weighted by Crippen LogP contribution is -2.46. The van der Waals surface area contributed by atoms with Crippen molar-refractivity contribution >= 4 is 65.1 Å². The zero-order valence-corrected chi connectivity index (χ0v) is 37.8. The Hall–Kier alpha value is -6.47. The highest BCUT2D eigenvalue weighted by molar-refractivity contribution is 5.99. The number of anilines is 4. The second kappa shape index (κ2) is 26.2. The molecule has 18 heteroatoms. The topological polar surface area (TPSA) is 203 Å². The molecule has 0 saturated carbocycles. The number of aldehydes is 2. The van der Waals surface area contributed by atoms with Crippen molar-refractivity contribution in [2.45, 2.75) is 79.9 Å². The lowest BCUT2D eigenvalue weighted by atomic mass is 10.0. The van der Waals surface area contributed by atoms with Crippen molar-refractivity contribution in [2.24, 2.45) is 0 Å². The molecule has 18 nitrogen and oxygen atoms in total. The summed E-state index contributed by atoms with van der Waals surface area (Å²) >= 11 is 0. The van der Waals surface area contributed by atoms with Gasteiger partial charge in [-0.05, 0) is 89.0 Å². The van der Waals surface area contributed by atoms with E-state index in [-0.39, 0.29) is 50.3 Å². The van der Waals surface area contributed by atoms with E-state index in [2.05, 4.69) is 17.2 Å². The van der Waals surface area contributed by atoms with Crippen LogP contribution in [0, 0.1) is 20.8 Å². The summed E-state index contributed by atoms with van der Waals surface area (Å²) in [6, 6.07) is 14.7. The predicted octanol–water partition coefficient (Wildman–Crippen LogP) is 7.13. The molecule has 4 amide bonds. The lowest BCUT2D eigenvalue weighted by molar-refractivity contribution is -0.130. The van der Waals surface area contributed by atoms with Crippen LogP contribution in [0.15, 0.2) is 67.4 Å². The van der Waals surface area contributed by atoms with Gasteiger partial charge in [0.2, 0.25) is 0 Å². The molecule has 0 heterocycles. The molecule has 0 aliphatic carbocycles. The van der Waals surface area contributed by atoms with Crippen LogP contribution in [0.1, 0.15) is 84.4 Å². The number of hydrogen-bond donors (Lipinski definition) is 2. The van der Waals surface area contributed by atoms with Gasteiger partial charge in [0.15, 0.2) is 12.4 Å². The van der Waals surface area contributed by atoms with E-state index in [1.165, 1.54) is 11.1 Å². The standard InChI is InChI=1S/C46H60N6O12/c1-10-13-42(55)37-18-15-33(6)41(23-37)52(43(56)11-2)62-30-49(9)29-50(25-34(7)63-45(58)47-39-22-36(27-54)17-14-31(39)4)26-35(8)64-46(59)48-40-24-38(19-16-32(40)5)51(61-21-20-53)44(57)28-60-12-3/h12,14-20,22-24,27,34-35H,3,10-11,13,21,25-26,28-30H2,1-2,4-9H3,(H,47,58)(H,48,59). The summed E-state index contributed by atoms with van der Waals surface area (Å²) in [7, 11) is 1.75. The summed E-state index contributed by atoms with van der Waals surface area (Å²) in [6.45, 7) is 15.3. The molecule has 0 bridgehead atoms. The van der Waals surface area contributed by atoms with Gasteiger partial charge < -0.3 is 19.0 Å². The molecule has 3 aromatic rings. The molecule has 2 N–H and O–H groups in total. The molecule has 2 unspecified atom stereocenters. The molecule has 0 fully saturated rings. The SMILES string of the molecule is C=COCC(=O)N(OCC=O)c1ccc(C)c(NC(=O)OC(C)CN(CC(C)OC(=O)Nc2cc(C=O)ccc2C)CN(C)CON(C(=O)CC)c2cc(C(=O)CCC)ccc2C)c1. The molecule has 0 aliphatic rings. The number of hydrogen-bond acceptors (Lipinski definition) is 14. The highest BCUT2D eigenvalue weighted by Crippen LogP contribution is 2.26. The quantitative estimate of drug-likeness (QED) is 0.0271. The molecule has 0 spiro atoms. The maximum atomic E-state index is 13.3. The number of nitrogens with zero attached hydrogens (tertiary/aromatic N) is 4. The third-order valence-corrected chi connectivity index (χ3v) is 9.40. The van der Waals surface area contributed by atoms with Gasteiger partial charge in [0.05, 0.1) is 24.3 Å². The van der Waals surface area contributed by atoms with E-state index >= 15 is 0 Å². The van der Waals surface area contributed by atoms with Crippen LogP contribution in [-0.2, 0) is 38.3 Å². The highest BCUT2D eigenvalue weighted by atomic mass is 16.7. The van der Waals surface area contributed by atoms with Gasteiger partial charge in [-0.1, -0.05) is 50.8 Å². The van der Waals surface area contributed by atoms with Crippen LogP contribution in [0.4, 0.5) is 32.3 Å². The van der Waals surface area contributed by atoms with Crippen molar-refractivity contribution in [2.75, 3.05) is 67.5 Å². The largest absolute Gasteiger partial charge is 0.492 e. The van der Waals surface area contributed by atoms with Crippen LogP contribution in [0.25, 0.3) is 0 Å². The predicted molar refractivity (Wildman–Crippen MR) is 241 cm³/mol. The van der Waals surface area contributed by atoms with Crippen molar-refractivity contribution in [1.29, 1.82) is 0 Å². The van der Waals surface area contributed by atoms with Gasteiger partial charge >= 0.3 is 12.2 Å². The number of amides is 4. The van der Waals surface area contributed by atoms with Gasteiger partial charge in [0, 0.05) is 48.4 Å². The minimum absolute atomic E-state index is 0.0435. The Morgan fingerprint density at radius 1 is 0.766 bits per heavy atom. The molecular formula is C46H60N6O12. The molecule has 0 radical (unpaired) electrons. The Kier molecular flexibility index (Phi) is 21.3. The number of aryl methyl sites for hydroxylation is 3. The Morgan fingerprint density at radius 3 is 1.95 bits per heavy atom. The monoisotopic (exact) mass is 888 g/mol. The van der Waals surface area contributed by atoms with Gasteiger partial charge in [0.1, 0.15) is 38.1 Å². The zero-order valence-electron chi connectivity index (χ0n) is 37.8. The van der Waals surface area contributed by atoms with E-state index in [1.807, 2.05) is 18.7 Å². The van der Waals surface area contributed by atoms with Crippen molar-refractivity contribution in [3.05, 3.63) is 95.3 Å². The smallest absolute Gasteiger partial charge is 0.411 e. The van der Waals surface area contributed by atoms with Gasteiger partial charge in [-0.3, -0.25) is 49.3 Å². The molecule has 3 rings (SSSR count). The Balaban J connectivity index is 1.80. The Bertz CT molecular complexity index is 2110. The summed E-state index contributed by atoms with van der Waals surface area (Å²) < 4.78 is 16.5.